The van der Waals surface area contributed by atoms with Crippen molar-refractivity contribution in [2.45, 2.75) is 38.8 Å². The Labute approximate surface area is 124 Å². The van der Waals surface area contributed by atoms with Crippen molar-refractivity contribution in [3.63, 3.8) is 0 Å². The minimum Gasteiger partial charge on any atom is -0.447 e. The zero-order valence-electron chi connectivity index (χ0n) is 12.4. The van der Waals surface area contributed by atoms with Gasteiger partial charge in [-0.15, -0.1) is 0 Å². The van der Waals surface area contributed by atoms with E-state index >= 15 is 0 Å². The van der Waals surface area contributed by atoms with Crippen LogP contribution >= 0.6 is 0 Å². The first-order valence-electron chi connectivity index (χ1n) is 7.26. The first-order chi connectivity index (χ1) is 10.0. The van der Waals surface area contributed by atoms with Gasteiger partial charge >= 0.3 is 6.09 Å². The van der Waals surface area contributed by atoms with Crippen LogP contribution in [-0.4, -0.2) is 40.8 Å². The van der Waals surface area contributed by atoms with Crippen molar-refractivity contribution < 1.29 is 19.4 Å². The van der Waals surface area contributed by atoms with Crippen LogP contribution in [0.4, 0.5) is 4.79 Å². The van der Waals surface area contributed by atoms with E-state index in [0.717, 1.165) is 5.56 Å². The molecule has 0 aliphatic carbocycles. The average molecular weight is 291 g/mol. The highest BCUT2D eigenvalue weighted by atomic mass is 16.6. The molecule has 1 aromatic rings. The molecular formula is C16H21NO4. The van der Waals surface area contributed by atoms with Crippen LogP contribution in [0.3, 0.4) is 0 Å². The van der Waals surface area contributed by atoms with E-state index in [2.05, 4.69) is 0 Å². The number of ether oxygens (including phenoxy) is 1. The summed E-state index contributed by atoms with van der Waals surface area (Å²) >= 11 is 0. The lowest BCUT2D eigenvalue weighted by molar-refractivity contribution is -0.136. The largest absolute Gasteiger partial charge is 0.447 e. The van der Waals surface area contributed by atoms with Crippen molar-refractivity contribution >= 4 is 12.0 Å². The fraction of sp³-hybridized carbons (Fsp3) is 0.500. The number of hydrogen-bond donors (Lipinski definition) is 1. The summed E-state index contributed by atoms with van der Waals surface area (Å²) in [7, 11) is 0. The number of aliphatic hydroxyl groups is 1. The summed E-state index contributed by atoms with van der Waals surface area (Å²) in [6.07, 6.45) is -0.347. The van der Waals surface area contributed by atoms with Crippen molar-refractivity contribution in [3.05, 3.63) is 35.9 Å². The Morgan fingerprint density at radius 1 is 1.43 bits per heavy atom. The minimum atomic E-state index is -0.784. The number of cyclic esters (lactones) is 1. The van der Waals surface area contributed by atoms with Gasteiger partial charge in [0.1, 0.15) is 6.61 Å². The van der Waals surface area contributed by atoms with Crippen molar-refractivity contribution in [1.82, 2.24) is 4.90 Å². The first-order valence-corrected chi connectivity index (χ1v) is 7.26. The second kappa shape index (κ2) is 6.72. The van der Waals surface area contributed by atoms with E-state index in [-0.39, 0.29) is 18.6 Å². The molecule has 0 bridgehead atoms. The van der Waals surface area contributed by atoms with Gasteiger partial charge in [0.2, 0.25) is 5.91 Å². The lowest BCUT2D eigenvalue weighted by atomic mass is 9.97. The zero-order valence-corrected chi connectivity index (χ0v) is 12.4. The summed E-state index contributed by atoms with van der Waals surface area (Å²) in [5.41, 5.74) is 1.05. The van der Waals surface area contributed by atoms with Gasteiger partial charge in [0, 0.05) is 0 Å². The van der Waals surface area contributed by atoms with Gasteiger partial charge in [-0.2, -0.15) is 0 Å². The molecule has 2 amide bonds. The molecule has 1 aliphatic heterocycles. The highest BCUT2D eigenvalue weighted by molar-refractivity contribution is 5.95. The molecule has 0 spiro atoms. The summed E-state index contributed by atoms with van der Waals surface area (Å²) in [6, 6.07) is 9.37. The molecule has 1 aromatic carbocycles. The summed E-state index contributed by atoms with van der Waals surface area (Å²) < 4.78 is 5.03. The third-order valence-corrected chi connectivity index (χ3v) is 3.85. The second-order valence-electron chi connectivity index (χ2n) is 5.38. The SMILES string of the molecule is CC[C@H](C(=O)N1C(=O)OCC1Cc1ccccc1)[C@@H](C)O. The minimum absolute atomic E-state index is 0.204. The highest BCUT2D eigenvalue weighted by Gasteiger charge is 2.41. The van der Waals surface area contributed by atoms with Crippen LogP contribution in [0.2, 0.25) is 0 Å². The molecule has 0 radical (unpaired) electrons. The van der Waals surface area contributed by atoms with Gasteiger partial charge in [0.25, 0.3) is 0 Å². The molecular weight excluding hydrogens is 270 g/mol. The molecule has 3 atom stereocenters. The van der Waals surface area contributed by atoms with E-state index in [1.807, 2.05) is 37.3 Å². The molecule has 5 heteroatoms. The lowest BCUT2D eigenvalue weighted by Crippen LogP contribution is -2.45. The number of carbonyl (C=O) groups excluding carboxylic acids is 2. The van der Waals surface area contributed by atoms with E-state index in [1.54, 1.807) is 6.92 Å². The van der Waals surface area contributed by atoms with Crippen LogP contribution in [0.15, 0.2) is 30.3 Å². The van der Waals surface area contributed by atoms with Crippen molar-refractivity contribution in [3.8, 4) is 0 Å². The maximum Gasteiger partial charge on any atom is 0.416 e. The number of rotatable bonds is 5. The molecule has 5 nitrogen and oxygen atoms in total. The van der Waals surface area contributed by atoms with E-state index in [0.29, 0.717) is 12.8 Å². The number of carbonyl (C=O) groups is 2. The Hall–Kier alpha value is -1.88. The van der Waals surface area contributed by atoms with E-state index in [4.69, 9.17) is 4.74 Å². The molecule has 0 saturated carbocycles. The van der Waals surface area contributed by atoms with E-state index in [9.17, 15) is 14.7 Å². The molecule has 1 aliphatic rings. The number of hydrogen-bond acceptors (Lipinski definition) is 4. The van der Waals surface area contributed by atoms with E-state index in [1.165, 1.54) is 4.90 Å². The smallest absolute Gasteiger partial charge is 0.416 e. The van der Waals surface area contributed by atoms with Crippen molar-refractivity contribution in [2.75, 3.05) is 6.61 Å². The van der Waals surface area contributed by atoms with Crippen LogP contribution in [0.1, 0.15) is 25.8 Å². The molecule has 1 heterocycles. The fourth-order valence-electron chi connectivity index (χ4n) is 2.67. The number of aliphatic hydroxyl groups excluding tert-OH is 1. The Bertz CT molecular complexity index is 500. The van der Waals surface area contributed by atoms with Gasteiger partial charge < -0.3 is 9.84 Å². The standard InChI is InChI=1S/C16H21NO4/c1-3-14(11(2)18)15(19)17-13(10-21-16(17)20)9-12-7-5-4-6-8-12/h4-8,11,13-14,18H,3,9-10H2,1-2H3/t11-,13?,14+/m1/s1. The average Bonchev–Trinajstić information content (AvgIpc) is 2.81. The van der Waals surface area contributed by atoms with Crippen LogP contribution < -0.4 is 0 Å². The lowest BCUT2D eigenvalue weighted by Gasteiger charge is -2.25. The number of benzene rings is 1. The molecule has 114 valence electrons. The fourth-order valence-corrected chi connectivity index (χ4v) is 2.67. The molecule has 0 aromatic heterocycles. The zero-order chi connectivity index (χ0) is 15.4. The van der Waals surface area contributed by atoms with Crippen molar-refractivity contribution in [2.24, 2.45) is 5.92 Å². The van der Waals surface area contributed by atoms with Crippen LogP contribution in [0.5, 0.6) is 0 Å². The van der Waals surface area contributed by atoms with Gasteiger partial charge in [-0.1, -0.05) is 37.3 Å². The van der Waals surface area contributed by atoms with Gasteiger partial charge in [-0.05, 0) is 25.3 Å². The quantitative estimate of drug-likeness (QED) is 0.901. The normalized spacial score (nSPS) is 21.0. The molecule has 2 rings (SSSR count). The Kier molecular flexibility index (Phi) is 4.96. The van der Waals surface area contributed by atoms with Gasteiger partial charge in [-0.25, -0.2) is 9.69 Å². The van der Waals surface area contributed by atoms with Gasteiger partial charge in [0.15, 0.2) is 0 Å². The summed E-state index contributed by atoms with van der Waals surface area (Å²) in [4.78, 5) is 25.5. The van der Waals surface area contributed by atoms with Crippen LogP contribution in [0, 0.1) is 5.92 Å². The Balaban J connectivity index is 2.15. The van der Waals surface area contributed by atoms with Crippen LogP contribution in [-0.2, 0) is 16.0 Å². The summed E-state index contributed by atoms with van der Waals surface area (Å²) in [6.45, 7) is 3.60. The molecule has 21 heavy (non-hydrogen) atoms. The third kappa shape index (κ3) is 3.42. The predicted molar refractivity (Wildman–Crippen MR) is 77.6 cm³/mol. The van der Waals surface area contributed by atoms with E-state index < -0.39 is 18.1 Å². The number of nitrogens with zero attached hydrogens (tertiary/aromatic N) is 1. The summed E-state index contributed by atoms with van der Waals surface area (Å²) in [5.74, 6) is -0.926. The Morgan fingerprint density at radius 3 is 2.67 bits per heavy atom. The maximum absolute atomic E-state index is 12.5. The van der Waals surface area contributed by atoms with Gasteiger partial charge in [-0.3, -0.25) is 4.79 Å². The summed E-state index contributed by atoms with van der Waals surface area (Å²) in [5, 5.41) is 9.71. The van der Waals surface area contributed by atoms with Gasteiger partial charge in [0.05, 0.1) is 18.1 Å². The van der Waals surface area contributed by atoms with Crippen LogP contribution in [0.25, 0.3) is 0 Å². The molecule has 1 saturated heterocycles. The second-order valence-corrected chi connectivity index (χ2v) is 5.38. The van der Waals surface area contributed by atoms with Crippen molar-refractivity contribution in [1.29, 1.82) is 0 Å². The Morgan fingerprint density at radius 2 is 2.10 bits per heavy atom. The monoisotopic (exact) mass is 291 g/mol. The topological polar surface area (TPSA) is 66.8 Å². The predicted octanol–water partition coefficient (Wildman–Crippen LogP) is 1.98. The number of imide groups is 1. The first kappa shape index (κ1) is 15.5. The molecule has 1 N–H and O–H groups in total. The molecule has 1 unspecified atom stereocenters. The maximum atomic E-state index is 12.5. The number of amides is 2. The highest BCUT2D eigenvalue weighted by Crippen LogP contribution is 2.22. The molecule has 1 fully saturated rings. The third-order valence-electron chi connectivity index (χ3n) is 3.85.